The summed E-state index contributed by atoms with van der Waals surface area (Å²) < 4.78 is 16.1. The van der Waals surface area contributed by atoms with E-state index in [-0.39, 0.29) is 12.4 Å². The first-order valence-corrected chi connectivity index (χ1v) is 6.79. The molecule has 2 aromatic rings. The molecule has 5 heteroatoms. The van der Waals surface area contributed by atoms with Gasteiger partial charge in [0.1, 0.15) is 6.61 Å². The van der Waals surface area contributed by atoms with Crippen molar-refractivity contribution in [3.8, 4) is 11.5 Å². The lowest BCUT2D eigenvalue weighted by Crippen LogP contribution is -2.07. The van der Waals surface area contributed by atoms with E-state index in [1.54, 1.807) is 13.0 Å². The first-order chi connectivity index (χ1) is 10.6. The number of methoxy groups -OCH3 is 1. The summed E-state index contributed by atoms with van der Waals surface area (Å²) in [6.07, 6.45) is 0. The summed E-state index contributed by atoms with van der Waals surface area (Å²) in [6.45, 7) is 2.07. The molecule has 0 radical (unpaired) electrons. The minimum absolute atomic E-state index is 0.0195. The molecule has 0 fully saturated rings. The molecule has 0 aliphatic rings. The Morgan fingerprint density at radius 3 is 2.45 bits per heavy atom. The van der Waals surface area contributed by atoms with Crippen molar-refractivity contribution in [3.05, 3.63) is 59.2 Å². The van der Waals surface area contributed by atoms with Gasteiger partial charge in [0.05, 0.1) is 5.56 Å². The molecule has 116 valence electrons. The van der Waals surface area contributed by atoms with Gasteiger partial charge in [0.2, 0.25) is 0 Å². The van der Waals surface area contributed by atoms with E-state index in [0.717, 1.165) is 5.56 Å². The minimum Gasteiger partial charge on any atom is -0.485 e. The van der Waals surface area contributed by atoms with Crippen LogP contribution in [0.2, 0.25) is 0 Å². The van der Waals surface area contributed by atoms with Crippen LogP contribution in [0.3, 0.4) is 0 Å². The number of carbonyl (C=O) groups is 1. The molecular formula is C17H18O5. The predicted octanol–water partition coefficient (Wildman–Crippen LogP) is 3.25. The van der Waals surface area contributed by atoms with Gasteiger partial charge in [-0.2, -0.15) is 0 Å². The van der Waals surface area contributed by atoms with Gasteiger partial charge in [0.25, 0.3) is 0 Å². The van der Waals surface area contributed by atoms with E-state index in [0.29, 0.717) is 23.7 Å². The number of benzene rings is 2. The van der Waals surface area contributed by atoms with Crippen LogP contribution in [0.5, 0.6) is 11.5 Å². The van der Waals surface area contributed by atoms with Crippen molar-refractivity contribution in [3.63, 3.8) is 0 Å². The fourth-order valence-electron chi connectivity index (χ4n) is 2.04. The molecule has 0 saturated carbocycles. The van der Waals surface area contributed by atoms with Crippen LogP contribution < -0.4 is 9.47 Å². The van der Waals surface area contributed by atoms with Gasteiger partial charge in [-0.1, -0.05) is 30.3 Å². The van der Waals surface area contributed by atoms with Crippen LogP contribution in [0.25, 0.3) is 0 Å². The van der Waals surface area contributed by atoms with Gasteiger partial charge in [-0.25, -0.2) is 4.79 Å². The van der Waals surface area contributed by atoms with Gasteiger partial charge < -0.3 is 19.3 Å². The van der Waals surface area contributed by atoms with Crippen molar-refractivity contribution in [1.29, 1.82) is 0 Å². The van der Waals surface area contributed by atoms with Gasteiger partial charge in [-0.15, -0.1) is 0 Å². The molecule has 0 unspecified atom stereocenters. The third-order valence-electron chi connectivity index (χ3n) is 3.16. The molecule has 0 heterocycles. The Balaban J connectivity index is 2.25. The molecule has 5 nitrogen and oxygen atoms in total. The molecule has 0 atom stereocenters. The second kappa shape index (κ2) is 7.47. The third kappa shape index (κ3) is 3.77. The first kappa shape index (κ1) is 15.9. The normalized spacial score (nSPS) is 10.3. The van der Waals surface area contributed by atoms with E-state index < -0.39 is 5.97 Å². The summed E-state index contributed by atoms with van der Waals surface area (Å²) in [5.41, 5.74) is 1.70. The Morgan fingerprint density at radius 2 is 1.82 bits per heavy atom. The quantitative estimate of drug-likeness (QED) is 0.795. The number of carboxylic acid groups (broad SMARTS) is 1. The third-order valence-corrected chi connectivity index (χ3v) is 3.16. The highest BCUT2D eigenvalue weighted by atomic mass is 16.7. The van der Waals surface area contributed by atoms with Gasteiger partial charge in [0, 0.05) is 12.7 Å². The first-order valence-electron chi connectivity index (χ1n) is 6.79. The number of aromatic carboxylic acids is 1. The number of hydrogen-bond acceptors (Lipinski definition) is 4. The Bertz CT molecular complexity index is 637. The summed E-state index contributed by atoms with van der Waals surface area (Å²) in [4.78, 5) is 11.2. The lowest BCUT2D eigenvalue weighted by molar-refractivity contribution is 0.0474. The van der Waals surface area contributed by atoms with Crippen LogP contribution in [-0.4, -0.2) is 25.0 Å². The molecular weight excluding hydrogens is 284 g/mol. The van der Waals surface area contributed by atoms with Crippen molar-refractivity contribution >= 4 is 5.97 Å². The highest BCUT2D eigenvalue weighted by molar-refractivity contribution is 5.90. The molecule has 0 bridgehead atoms. The van der Waals surface area contributed by atoms with E-state index in [2.05, 4.69) is 0 Å². The summed E-state index contributed by atoms with van der Waals surface area (Å²) >= 11 is 0. The van der Waals surface area contributed by atoms with E-state index in [1.165, 1.54) is 13.2 Å². The Labute approximate surface area is 129 Å². The highest BCUT2D eigenvalue weighted by Gasteiger charge is 2.17. The van der Waals surface area contributed by atoms with Crippen molar-refractivity contribution in [1.82, 2.24) is 0 Å². The van der Waals surface area contributed by atoms with Crippen molar-refractivity contribution in [2.45, 2.75) is 13.5 Å². The summed E-state index contributed by atoms with van der Waals surface area (Å²) in [5.74, 6) is -0.129. The monoisotopic (exact) mass is 302 g/mol. The Morgan fingerprint density at radius 1 is 1.09 bits per heavy atom. The maximum Gasteiger partial charge on any atom is 0.336 e. The van der Waals surface area contributed by atoms with Crippen LogP contribution >= 0.6 is 0 Å². The lowest BCUT2D eigenvalue weighted by atomic mass is 10.1. The van der Waals surface area contributed by atoms with Crippen LogP contribution in [0.4, 0.5) is 0 Å². The average Bonchev–Trinajstić information content (AvgIpc) is 2.52. The molecule has 0 aromatic heterocycles. The minimum atomic E-state index is -1.01. The van der Waals surface area contributed by atoms with E-state index in [1.807, 2.05) is 30.3 Å². The summed E-state index contributed by atoms with van der Waals surface area (Å²) in [6, 6.07) is 12.8. The summed E-state index contributed by atoms with van der Waals surface area (Å²) in [7, 11) is 1.50. The van der Waals surface area contributed by atoms with Gasteiger partial charge in [0.15, 0.2) is 18.3 Å². The van der Waals surface area contributed by atoms with Crippen LogP contribution in [0, 0.1) is 6.92 Å². The van der Waals surface area contributed by atoms with Crippen molar-refractivity contribution in [2.75, 3.05) is 13.9 Å². The van der Waals surface area contributed by atoms with Gasteiger partial charge >= 0.3 is 5.97 Å². The van der Waals surface area contributed by atoms with Gasteiger partial charge in [-0.3, -0.25) is 0 Å². The van der Waals surface area contributed by atoms with E-state index in [4.69, 9.17) is 14.2 Å². The fraction of sp³-hybridized carbons (Fsp3) is 0.235. The van der Waals surface area contributed by atoms with Crippen LogP contribution in [-0.2, 0) is 11.3 Å². The molecule has 2 aromatic carbocycles. The van der Waals surface area contributed by atoms with E-state index >= 15 is 0 Å². The number of hydrogen-bond donors (Lipinski definition) is 1. The number of ether oxygens (including phenoxy) is 3. The predicted molar refractivity (Wildman–Crippen MR) is 81.4 cm³/mol. The average molecular weight is 302 g/mol. The van der Waals surface area contributed by atoms with Crippen LogP contribution in [0.15, 0.2) is 42.5 Å². The molecule has 22 heavy (non-hydrogen) atoms. The molecule has 0 amide bonds. The zero-order valence-corrected chi connectivity index (χ0v) is 12.5. The topological polar surface area (TPSA) is 65.0 Å². The highest BCUT2D eigenvalue weighted by Crippen LogP contribution is 2.34. The molecule has 0 spiro atoms. The maximum atomic E-state index is 11.2. The maximum absolute atomic E-state index is 11.2. The van der Waals surface area contributed by atoms with Gasteiger partial charge in [-0.05, 0) is 24.6 Å². The Hall–Kier alpha value is -2.53. The molecule has 0 aliphatic carbocycles. The SMILES string of the molecule is COCOc1c(OCc2ccccc2)ccc(C(=O)O)c1C. The molecule has 0 aliphatic heterocycles. The smallest absolute Gasteiger partial charge is 0.336 e. The van der Waals surface area contributed by atoms with Crippen molar-refractivity contribution in [2.24, 2.45) is 0 Å². The standard InChI is InChI=1S/C17H18O5/c1-12-14(17(18)19)8-9-15(16(12)22-11-20-2)21-10-13-6-4-3-5-7-13/h3-9H,10-11H2,1-2H3,(H,18,19). The fourth-order valence-corrected chi connectivity index (χ4v) is 2.04. The Kier molecular flexibility index (Phi) is 5.38. The summed E-state index contributed by atoms with van der Waals surface area (Å²) in [5, 5.41) is 9.19. The second-order valence-corrected chi connectivity index (χ2v) is 4.70. The number of carboxylic acids is 1. The molecule has 1 N–H and O–H groups in total. The van der Waals surface area contributed by atoms with Crippen LogP contribution in [0.1, 0.15) is 21.5 Å². The zero-order valence-electron chi connectivity index (χ0n) is 12.5. The number of rotatable bonds is 7. The lowest BCUT2D eigenvalue weighted by Gasteiger charge is -2.16. The van der Waals surface area contributed by atoms with E-state index in [9.17, 15) is 9.90 Å². The van der Waals surface area contributed by atoms with Crippen molar-refractivity contribution < 1.29 is 24.1 Å². The largest absolute Gasteiger partial charge is 0.485 e. The molecule has 0 saturated heterocycles. The molecule has 2 rings (SSSR count). The zero-order chi connectivity index (χ0) is 15.9. The second-order valence-electron chi connectivity index (χ2n) is 4.70.